The van der Waals surface area contributed by atoms with Crippen molar-refractivity contribution in [3.63, 3.8) is 0 Å². The van der Waals surface area contributed by atoms with Crippen LogP contribution in [-0.2, 0) is 17.9 Å². The molecule has 0 aliphatic rings. The molecule has 1 amide bonds. The van der Waals surface area contributed by atoms with E-state index in [2.05, 4.69) is 16.4 Å². The maximum atomic E-state index is 12.9. The standard InChI is InChI=1S/C28H21N5O2/c29-17-20-10-12-21(13-11-20)26(34)18-33-19-32(24-8-1-2-9-25(24)33)16-14-27(35)31-23-7-3-5-22-6-4-15-30-28(22)23/h1-13,15,19H,14,16,18H2/p+1. The number of nitrogens with one attached hydrogen (secondary N) is 1. The Hall–Kier alpha value is -4.83. The minimum atomic E-state index is -0.110. The van der Waals surface area contributed by atoms with Crippen LogP contribution in [0.25, 0.3) is 21.9 Å². The summed E-state index contributed by atoms with van der Waals surface area (Å²) in [6, 6.07) is 26.0. The van der Waals surface area contributed by atoms with Gasteiger partial charge >= 0.3 is 0 Å². The Morgan fingerprint density at radius 3 is 2.60 bits per heavy atom. The zero-order chi connectivity index (χ0) is 24.2. The fraction of sp³-hybridized carbons (Fsp3) is 0.107. The van der Waals surface area contributed by atoms with Crippen molar-refractivity contribution in [3.8, 4) is 6.07 Å². The first kappa shape index (κ1) is 22.0. The molecule has 0 spiro atoms. The molecule has 0 unspecified atom stereocenters. The van der Waals surface area contributed by atoms with Crippen LogP contribution >= 0.6 is 0 Å². The lowest BCUT2D eigenvalue weighted by molar-refractivity contribution is -0.657. The minimum Gasteiger partial charge on any atom is -0.324 e. The fourth-order valence-corrected chi connectivity index (χ4v) is 4.16. The lowest BCUT2D eigenvalue weighted by Gasteiger charge is -2.07. The Morgan fingerprint density at radius 1 is 0.971 bits per heavy atom. The van der Waals surface area contributed by atoms with Gasteiger partial charge in [-0.3, -0.25) is 14.6 Å². The van der Waals surface area contributed by atoms with Gasteiger partial charge in [0.2, 0.25) is 18.0 Å². The number of amides is 1. The number of benzene rings is 3. The van der Waals surface area contributed by atoms with E-state index in [0.717, 1.165) is 21.9 Å². The van der Waals surface area contributed by atoms with E-state index in [1.807, 2.05) is 70.1 Å². The Bertz CT molecular complexity index is 1590. The number of nitriles is 1. The molecule has 2 heterocycles. The van der Waals surface area contributed by atoms with Gasteiger partial charge in [-0.2, -0.15) is 5.26 Å². The van der Waals surface area contributed by atoms with Crippen LogP contribution in [0.3, 0.4) is 0 Å². The van der Waals surface area contributed by atoms with Crippen molar-refractivity contribution in [3.05, 3.63) is 103 Å². The number of fused-ring (bicyclic) bond motifs is 2. The van der Waals surface area contributed by atoms with E-state index in [0.29, 0.717) is 23.4 Å². The van der Waals surface area contributed by atoms with E-state index in [-0.39, 0.29) is 24.7 Å². The summed E-state index contributed by atoms with van der Waals surface area (Å²) in [6.07, 6.45) is 3.85. The van der Waals surface area contributed by atoms with Crippen molar-refractivity contribution in [1.82, 2.24) is 9.55 Å². The molecule has 35 heavy (non-hydrogen) atoms. The predicted molar refractivity (Wildman–Crippen MR) is 133 cm³/mol. The molecular weight excluding hydrogens is 438 g/mol. The molecule has 0 saturated heterocycles. The van der Waals surface area contributed by atoms with E-state index >= 15 is 0 Å². The van der Waals surface area contributed by atoms with E-state index < -0.39 is 0 Å². The molecule has 0 saturated carbocycles. The highest BCUT2D eigenvalue weighted by Gasteiger charge is 2.19. The van der Waals surface area contributed by atoms with Crippen LogP contribution in [0.5, 0.6) is 0 Å². The van der Waals surface area contributed by atoms with Gasteiger partial charge in [0, 0.05) is 17.1 Å². The first-order valence-corrected chi connectivity index (χ1v) is 11.3. The zero-order valence-corrected chi connectivity index (χ0v) is 18.9. The van der Waals surface area contributed by atoms with Gasteiger partial charge in [-0.25, -0.2) is 9.13 Å². The van der Waals surface area contributed by atoms with Gasteiger partial charge in [0.05, 0.1) is 35.8 Å². The molecule has 0 aliphatic heterocycles. The van der Waals surface area contributed by atoms with Gasteiger partial charge in [0.25, 0.3) is 0 Å². The van der Waals surface area contributed by atoms with Crippen molar-refractivity contribution in [2.75, 3.05) is 5.32 Å². The lowest BCUT2D eigenvalue weighted by atomic mass is 10.1. The number of para-hydroxylation sites is 3. The minimum absolute atomic E-state index is 0.0522. The Kier molecular flexibility index (Phi) is 6.01. The second-order valence-electron chi connectivity index (χ2n) is 8.22. The number of rotatable bonds is 7. The Morgan fingerprint density at radius 2 is 1.77 bits per heavy atom. The molecule has 0 radical (unpaired) electrons. The van der Waals surface area contributed by atoms with Crippen LogP contribution in [0.15, 0.2) is 91.4 Å². The third kappa shape index (κ3) is 4.63. The van der Waals surface area contributed by atoms with Crippen LogP contribution < -0.4 is 9.88 Å². The second-order valence-corrected chi connectivity index (χ2v) is 8.22. The molecule has 0 atom stereocenters. The summed E-state index contributed by atoms with van der Waals surface area (Å²) in [5.74, 6) is -0.162. The van der Waals surface area contributed by atoms with Gasteiger partial charge in [0.15, 0.2) is 17.6 Å². The number of ketones is 1. The average molecular weight is 461 g/mol. The van der Waals surface area contributed by atoms with Crippen molar-refractivity contribution in [2.45, 2.75) is 19.5 Å². The number of pyridine rings is 1. The number of Topliss-reactive ketones (excluding diaryl/α,β-unsaturated/α-hetero) is 1. The second kappa shape index (κ2) is 9.57. The number of carbonyl (C=O) groups excluding carboxylic acids is 2. The summed E-state index contributed by atoms with van der Waals surface area (Å²) in [5.41, 5.74) is 4.37. The summed E-state index contributed by atoms with van der Waals surface area (Å²) < 4.78 is 3.88. The number of aromatic nitrogens is 3. The van der Waals surface area contributed by atoms with Gasteiger partial charge in [-0.05, 0) is 48.5 Å². The first-order valence-electron chi connectivity index (χ1n) is 11.3. The predicted octanol–water partition coefficient (Wildman–Crippen LogP) is 4.26. The molecule has 2 aromatic heterocycles. The Balaban J connectivity index is 1.32. The zero-order valence-electron chi connectivity index (χ0n) is 18.9. The molecular formula is C28H22N5O2+. The summed E-state index contributed by atoms with van der Waals surface area (Å²) in [6.45, 7) is 0.621. The smallest absolute Gasteiger partial charge is 0.245 e. The highest BCUT2D eigenvalue weighted by molar-refractivity contribution is 6.00. The highest BCUT2D eigenvalue weighted by atomic mass is 16.1. The van der Waals surface area contributed by atoms with Crippen molar-refractivity contribution < 1.29 is 14.2 Å². The normalized spacial score (nSPS) is 10.8. The van der Waals surface area contributed by atoms with Crippen LogP contribution in [0, 0.1) is 11.3 Å². The molecule has 170 valence electrons. The largest absolute Gasteiger partial charge is 0.324 e. The molecule has 3 aromatic carbocycles. The quantitative estimate of drug-likeness (QED) is 0.290. The van der Waals surface area contributed by atoms with Gasteiger partial charge in [0.1, 0.15) is 0 Å². The topological polar surface area (TPSA) is 91.7 Å². The summed E-state index contributed by atoms with van der Waals surface area (Å²) in [4.78, 5) is 30.0. The van der Waals surface area contributed by atoms with E-state index in [9.17, 15) is 9.59 Å². The SMILES string of the molecule is N#Cc1ccc(C(=O)C[n+]2cn(CCC(=O)Nc3cccc4cccnc34)c3ccccc32)cc1. The number of carbonyl (C=O) groups is 2. The number of hydrogen-bond donors (Lipinski definition) is 1. The van der Waals surface area contributed by atoms with Crippen LogP contribution in [0.2, 0.25) is 0 Å². The first-order chi connectivity index (χ1) is 17.1. The van der Waals surface area contributed by atoms with E-state index in [1.165, 1.54) is 0 Å². The highest BCUT2D eigenvalue weighted by Crippen LogP contribution is 2.21. The molecule has 5 aromatic rings. The van der Waals surface area contributed by atoms with Gasteiger partial charge in [-0.15, -0.1) is 0 Å². The maximum absolute atomic E-state index is 12.9. The van der Waals surface area contributed by atoms with E-state index in [4.69, 9.17) is 5.26 Å². The molecule has 5 rings (SSSR count). The average Bonchev–Trinajstić information content (AvgIpc) is 3.25. The van der Waals surface area contributed by atoms with Gasteiger partial charge < -0.3 is 5.32 Å². The van der Waals surface area contributed by atoms with E-state index in [1.54, 1.807) is 30.5 Å². The fourth-order valence-electron chi connectivity index (χ4n) is 4.16. The lowest BCUT2D eigenvalue weighted by Crippen LogP contribution is -2.36. The maximum Gasteiger partial charge on any atom is 0.245 e. The third-order valence-electron chi connectivity index (χ3n) is 5.92. The van der Waals surface area contributed by atoms with Crippen molar-refractivity contribution in [1.29, 1.82) is 5.26 Å². The van der Waals surface area contributed by atoms with Crippen molar-refractivity contribution >= 4 is 39.3 Å². The monoisotopic (exact) mass is 460 g/mol. The summed E-state index contributed by atoms with van der Waals surface area (Å²) >= 11 is 0. The number of imidazole rings is 1. The molecule has 0 fully saturated rings. The molecule has 0 aliphatic carbocycles. The summed E-state index contributed by atoms with van der Waals surface area (Å²) in [7, 11) is 0. The van der Waals surface area contributed by atoms with Crippen molar-refractivity contribution in [2.24, 2.45) is 0 Å². The number of anilines is 1. The third-order valence-corrected chi connectivity index (χ3v) is 5.92. The Labute approximate surface area is 201 Å². The van der Waals surface area contributed by atoms with Crippen LogP contribution in [0.4, 0.5) is 5.69 Å². The van der Waals surface area contributed by atoms with Gasteiger partial charge in [-0.1, -0.05) is 30.3 Å². The molecule has 7 heteroatoms. The van der Waals surface area contributed by atoms with Crippen LogP contribution in [0.1, 0.15) is 22.3 Å². The number of aryl methyl sites for hydroxylation is 1. The molecule has 0 bridgehead atoms. The molecule has 7 nitrogen and oxygen atoms in total. The number of hydrogen-bond acceptors (Lipinski definition) is 4. The number of nitrogens with zero attached hydrogens (tertiary/aromatic N) is 4. The molecule has 1 N–H and O–H groups in total. The van der Waals surface area contributed by atoms with Crippen LogP contribution in [-0.4, -0.2) is 21.2 Å². The summed E-state index contributed by atoms with van der Waals surface area (Å²) in [5, 5.41) is 12.9.